The lowest BCUT2D eigenvalue weighted by Gasteiger charge is -2.37. The second-order valence-electron chi connectivity index (χ2n) is 8.02. The molecule has 1 amide bonds. The highest BCUT2D eigenvalue weighted by molar-refractivity contribution is 5.93. The summed E-state index contributed by atoms with van der Waals surface area (Å²) in [4.78, 5) is 27.2. The lowest BCUT2D eigenvalue weighted by atomic mass is 9.91. The molecule has 1 N–H and O–H groups in total. The van der Waals surface area contributed by atoms with E-state index >= 15 is 0 Å². The SMILES string of the molecule is COC(=O)C1CN(CC2CC2)CCC1NC(=O)c1cc(-c2c(F)cc(F)cc2F)on1. The molecule has 2 unspecified atom stereocenters. The van der Waals surface area contributed by atoms with E-state index in [1.807, 2.05) is 0 Å². The molecule has 1 aliphatic carbocycles. The van der Waals surface area contributed by atoms with Crippen LogP contribution in [0.3, 0.4) is 0 Å². The number of hydrogen-bond donors (Lipinski definition) is 1. The minimum absolute atomic E-state index is 0.206. The van der Waals surface area contributed by atoms with Gasteiger partial charge in [-0.1, -0.05) is 5.16 Å². The predicted molar refractivity (Wildman–Crippen MR) is 102 cm³/mol. The van der Waals surface area contributed by atoms with Crippen LogP contribution in [-0.4, -0.2) is 54.7 Å². The Labute approximate surface area is 176 Å². The first-order chi connectivity index (χ1) is 14.9. The Morgan fingerprint density at radius 2 is 1.90 bits per heavy atom. The van der Waals surface area contributed by atoms with E-state index in [1.54, 1.807) is 0 Å². The number of nitrogens with zero attached hydrogens (tertiary/aromatic N) is 2. The summed E-state index contributed by atoms with van der Waals surface area (Å²) in [6.45, 7) is 2.13. The van der Waals surface area contributed by atoms with Gasteiger partial charge in [0.2, 0.25) is 0 Å². The highest BCUT2D eigenvalue weighted by Crippen LogP contribution is 2.32. The third-order valence-electron chi connectivity index (χ3n) is 5.73. The number of aromatic nitrogens is 1. The summed E-state index contributed by atoms with van der Waals surface area (Å²) in [6.07, 6.45) is 2.94. The van der Waals surface area contributed by atoms with E-state index in [9.17, 15) is 22.8 Å². The van der Waals surface area contributed by atoms with E-state index in [0.29, 0.717) is 31.0 Å². The van der Waals surface area contributed by atoms with Gasteiger partial charge < -0.3 is 19.5 Å². The van der Waals surface area contributed by atoms with Crippen molar-refractivity contribution in [1.29, 1.82) is 0 Å². The molecule has 166 valence electrons. The molecule has 2 fully saturated rings. The zero-order valence-corrected chi connectivity index (χ0v) is 16.9. The Morgan fingerprint density at radius 3 is 2.55 bits per heavy atom. The highest BCUT2D eigenvalue weighted by Gasteiger charge is 2.38. The van der Waals surface area contributed by atoms with Crippen molar-refractivity contribution in [2.24, 2.45) is 11.8 Å². The van der Waals surface area contributed by atoms with Gasteiger partial charge in [-0.2, -0.15) is 0 Å². The number of amides is 1. The Morgan fingerprint density at radius 1 is 1.19 bits per heavy atom. The first-order valence-electron chi connectivity index (χ1n) is 10.1. The van der Waals surface area contributed by atoms with Crippen molar-refractivity contribution >= 4 is 11.9 Å². The molecule has 1 aliphatic heterocycles. The predicted octanol–water partition coefficient (Wildman–Crippen LogP) is 2.76. The number of halogens is 3. The second-order valence-corrected chi connectivity index (χ2v) is 8.02. The summed E-state index contributed by atoms with van der Waals surface area (Å²) in [6, 6.07) is 1.62. The van der Waals surface area contributed by atoms with Gasteiger partial charge in [0, 0.05) is 43.9 Å². The third-order valence-corrected chi connectivity index (χ3v) is 5.73. The number of carbonyl (C=O) groups is 2. The molecule has 1 aromatic carbocycles. The lowest BCUT2D eigenvalue weighted by Crippen LogP contribution is -2.54. The van der Waals surface area contributed by atoms with E-state index in [4.69, 9.17) is 9.26 Å². The van der Waals surface area contributed by atoms with Gasteiger partial charge in [-0.25, -0.2) is 13.2 Å². The Bertz CT molecular complexity index is 969. The molecule has 31 heavy (non-hydrogen) atoms. The molecule has 4 rings (SSSR count). The molecule has 2 atom stereocenters. The molecule has 7 nitrogen and oxygen atoms in total. The van der Waals surface area contributed by atoms with Gasteiger partial charge in [-0.3, -0.25) is 9.59 Å². The number of methoxy groups -OCH3 is 1. The van der Waals surface area contributed by atoms with Gasteiger partial charge in [-0.05, 0) is 25.2 Å². The van der Waals surface area contributed by atoms with Gasteiger partial charge in [0.25, 0.3) is 5.91 Å². The van der Waals surface area contributed by atoms with Crippen LogP contribution in [0.1, 0.15) is 29.8 Å². The number of piperidine rings is 1. The lowest BCUT2D eigenvalue weighted by molar-refractivity contribution is -0.148. The first-order valence-corrected chi connectivity index (χ1v) is 10.1. The minimum Gasteiger partial charge on any atom is -0.469 e. The van der Waals surface area contributed by atoms with Crippen LogP contribution < -0.4 is 5.32 Å². The number of carbonyl (C=O) groups excluding carboxylic acids is 2. The number of nitrogens with one attached hydrogen (secondary N) is 1. The zero-order chi connectivity index (χ0) is 22.1. The van der Waals surface area contributed by atoms with Crippen LogP contribution in [-0.2, 0) is 9.53 Å². The molecule has 10 heteroatoms. The zero-order valence-electron chi connectivity index (χ0n) is 16.9. The van der Waals surface area contributed by atoms with Crippen molar-refractivity contribution in [3.8, 4) is 11.3 Å². The van der Waals surface area contributed by atoms with Crippen molar-refractivity contribution in [2.75, 3.05) is 26.7 Å². The van der Waals surface area contributed by atoms with Crippen LogP contribution in [0.25, 0.3) is 11.3 Å². The van der Waals surface area contributed by atoms with Crippen molar-refractivity contribution in [1.82, 2.24) is 15.4 Å². The van der Waals surface area contributed by atoms with Gasteiger partial charge in [0.15, 0.2) is 11.5 Å². The van der Waals surface area contributed by atoms with Crippen molar-refractivity contribution < 1.29 is 32.0 Å². The summed E-state index contributed by atoms with van der Waals surface area (Å²) in [7, 11) is 1.30. The number of likely N-dealkylation sites (tertiary alicyclic amines) is 1. The van der Waals surface area contributed by atoms with Gasteiger partial charge in [-0.15, -0.1) is 0 Å². The maximum Gasteiger partial charge on any atom is 0.312 e. The van der Waals surface area contributed by atoms with Crippen molar-refractivity contribution in [3.05, 3.63) is 41.3 Å². The van der Waals surface area contributed by atoms with Crippen LogP contribution in [0.5, 0.6) is 0 Å². The minimum atomic E-state index is -1.17. The number of benzene rings is 1. The Kier molecular flexibility index (Phi) is 5.99. The highest BCUT2D eigenvalue weighted by atomic mass is 19.1. The smallest absolute Gasteiger partial charge is 0.312 e. The van der Waals surface area contributed by atoms with Crippen LogP contribution in [0.4, 0.5) is 13.2 Å². The van der Waals surface area contributed by atoms with E-state index < -0.39 is 46.9 Å². The third kappa shape index (κ3) is 4.73. The molecule has 1 aromatic heterocycles. The number of esters is 1. The largest absolute Gasteiger partial charge is 0.469 e. The van der Waals surface area contributed by atoms with E-state index in [2.05, 4.69) is 15.4 Å². The van der Waals surface area contributed by atoms with Crippen LogP contribution in [0, 0.1) is 29.3 Å². The maximum atomic E-state index is 14.0. The number of hydrogen-bond acceptors (Lipinski definition) is 6. The Hall–Kier alpha value is -2.88. The molecular formula is C21H22F3N3O4. The number of ether oxygens (including phenoxy) is 1. The molecule has 0 radical (unpaired) electrons. The molecule has 2 aromatic rings. The van der Waals surface area contributed by atoms with Crippen LogP contribution >= 0.6 is 0 Å². The standard InChI is InChI=1S/C21H22F3N3O4/c1-30-21(29)13-10-27(9-11-2-3-11)5-4-16(13)25-20(28)17-8-18(31-26-17)19-14(23)6-12(22)7-15(19)24/h6-8,11,13,16H,2-5,9-10H2,1H3,(H,25,28). The normalized spacial score (nSPS) is 21.7. The molecule has 2 heterocycles. The van der Waals surface area contributed by atoms with Crippen LogP contribution in [0.2, 0.25) is 0 Å². The van der Waals surface area contributed by atoms with E-state index in [0.717, 1.165) is 19.2 Å². The monoisotopic (exact) mass is 437 g/mol. The second kappa shape index (κ2) is 8.70. The van der Waals surface area contributed by atoms with Gasteiger partial charge in [0.05, 0.1) is 18.6 Å². The van der Waals surface area contributed by atoms with Crippen molar-refractivity contribution in [2.45, 2.75) is 25.3 Å². The van der Waals surface area contributed by atoms with E-state index in [-0.39, 0.29) is 11.5 Å². The fourth-order valence-electron chi connectivity index (χ4n) is 3.93. The number of rotatable bonds is 6. The van der Waals surface area contributed by atoms with E-state index in [1.165, 1.54) is 20.0 Å². The Balaban J connectivity index is 1.47. The topological polar surface area (TPSA) is 84.7 Å². The maximum absolute atomic E-state index is 14.0. The summed E-state index contributed by atoms with van der Waals surface area (Å²) < 4.78 is 50.9. The summed E-state index contributed by atoms with van der Waals surface area (Å²) in [5.74, 6) is -4.69. The fourth-order valence-corrected chi connectivity index (χ4v) is 3.93. The van der Waals surface area contributed by atoms with Crippen molar-refractivity contribution in [3.63, 3.8) is 0 Å². The van der Waals surface area contributed by atoms with Crippen LogP contribution in [0.15, 0.2) is 22.7 Å². The van der Waals surface area contributed by atoms with Gasteiger partial charge in [0.1, 0.15) is 17.5 Å². The quantitative estimate of drug-likeness (QED) is 0.700. The molecular weight excluding hydrogens is 415 g/mol. The summed E-state index contributed by atoms with van der Waals surface area (Å²) in [5, 5.41) is 6.33. The molecule has 2 aliphatic rings. The molecule has 0 spiro atoms. The molecule has 1 saturated heterocycles. The first kappa shape index (κ1) is 21.4. The summed E-state index contributed by atoms with van der Waals surface area (Å²) >= 11 is 0. The summed E-state index contributed by atoms with van der Waals surface area (Å²) in [5.41, 5.74) is -0.823. The fraction of sp³-hybridized carbons (Fsp3) is 0.476. The molecule has 0 bridgehead atoms. The average molecular weight is 437 g/mol. The average Bonchev–Trinajstić information content (AvgIpc) is 3.41. The van der Waals surface area contributed by atoms with Gasteiger partial charge >= 0.3 is 5.97 Å². The molecule has 1 saturated carbocycles.